The van der Waals surface area contributed by atoms with E-state index in [4.69, 9.17) is 0 Å². The lowest BCUT2D eigenvalue weighted by Gasteiger charge is -2.23. The average Bonchev–Trinajstić information content (AvgIpc) is 3.52. The third-order valence-corrected chi connectivity index (χ3v) is 5.49. The van der Waals surface area contributed by atoms with Gasteiger partial charge in [0.05, 0.1) is 24.2 Å². The predicted molar refractivity (Wildman–Crippen MR) is 120 cm³/mol. The molecule has 3 aromatic rings. The zero-order chi connectivity index (χ0) is 24.1. The van der Waals surface area contributed by atoms with Crippen molar-refractivity contribution in [2.75, 3.05) is 25.5 Å². The molecule has 1 fully saturated rings. The molecule has 1 N–H and O–H groups in total. The molecule has 4 rings (SSSR count). The standard InChI is InChI=1S/C23H22N8O3/c1-29(23(34)21-26-28-31(27-21)18-10-6-3-7-11-18)15-20(32)30-14-16(12-19(30)13-24)22(33)25-17-8-4-2-5-9-17/h2-11,16,19H,12,14-15H2,1H3,(H,25,33). The number of hydrogen-bond acceptors (Lipinski definition) is 7. The molecule has 0 spiro atoms. The number of carbonyl (C=O) groups excluding carboxylic acids is 3. The van der Waals surface area contributed by atoms with E-state index in [1.54, 1.807) is 48.5 Å². The normalized spacial score (nSPS) is 17.1. The maximum atomic E-state index is 12.9. The van der Waals surface area contributed by atoms with Gasteiger partial charge in [-0.1, -0.05) is 36.4 Å². The Hall–Kier alpha value is -4.59. The van der Waals surface area contributed by atoms with Crippen molar-refractivity contribution in [3.63, 3.8) is 0 Å². The lowest BCUT2D eigenvalue weighted by atomic mass is 10.1. The number of aromatic nitrogens is 4. The molecule has 1 aliphatic heterocycles. The molecule has 172 valence electrons. The van der Waals surface area contributed by atoms with E-state index in [1.165, 1.54) is 21.6 Å². The van der Waals surface area contributed by atoms with E-state index in [0.29, 0.717) is 11.4 Å². The summed E-state index contributed by atoms with van der Waals surface area (Å²) in [6.45, 7) is -0.190. The Balaban J connectivity index is 1.37. The second-order valence-electron chi connectivity index (χ2n) is 7.88. The molecular formula is C23H22N8O3. The van der Waals surface area contributed by atoms with Crippen LogP contribution in [0.4, 0.5) is 5.69 Å². The van der Waals surface area contributed by atoms with Crippen LogP contribution in [0.15, 0.2) is 60.7 Å². The van der Waals surface area contributed by atoms with E-state index in [0.717, 1.165) is 0 Å². The van der Waals surface area contributed by atoms with Crippen molar-refractivity contribution in [2.24, 2.45) is 5.92 Å². The minimum absolute atomic E-state index is 0.0974. The number of rotatable bonds is 6. The smallest absolute Gasteiger partial charge is 0.295 e. The van der Waals surface area contributed by atoms with Crippen molar-refractivity contribution in [3.05, 3.63) is 66.5 Å². The summed E-state index contributed by atoms with van der Waals surface area (Å²) < 4.78 is 0. The molecule has 3 amide bonds. The van der Waals surface area contributed by atoms with Crippen LogP contribution >= 0.6 is 0 Å². The lowest BCUT2D eigenvalue weighted by molar-refractivity contribution is -0.131. The van der Waals surface area contributed by atoms with Crippen LogP contribution in [0.1, 0.15) is 17.0 Å². The summed E-state index contributed by atoms with van der Waals surface area (Å²) in [6, 6.07) is 19.3. The fourth-order valence-corrected chi connectivity index (χ4v) is 3.70. The third-order valence-electron chi connectivity index (χ3n) is 5.49. The van der Waals surface area contributed by atoms with Crippen molar-refractivity contribution in [3.8, 4) is 11.8 Å². The highest BCUT2D eigenvalue weighted by atomic mass is 16.2. The molecule has 11 heteroatoms. The number of nitrogens with zero attached hydrogens (tertiary/aromatic N) is 7. The van der Waals surface area contributed by atoms with Crippen molar-refractivity contribution in [2.45, 2.75) is 12.5 Å². The molecule has 1 aliphatic rings. The maximum Gasteiger partial charge on any atom is 0.295 e. The molecule has 2 aromatic carbocycles. The Bertz CT molecular complexity index is 1220. The highest BCUT2D eigenvalue weighted by Crippen LogP contribution is 2.25. The molecule has 0 radical (unpaired) electrons. The number of amides is 3. The minimum Gasteiger partial charge on any atom is -0.330 e. The quantitative estimate of drug-likeness (QED) is 0.584. The summed E-state index contributed by atoms with van der Waals surface area (Å²) in [5, 5.41) is 24.1. The number of likely N-dealkylation sites (tertiary alicyclic amines) is 1. The number of likely N-dealkylation sites (N-methyl/N-ethyl adjacent to an activating group) is 1. The van der Waals surface area contributed by atoms with Gasteiger partial charge in [0, 0.05) is 19.3 Å². The van der Waals surface area contributed by atoms with Crippen LogP contribution in [-0.4, -0.2) is 73.9 Å². The molecule has 2 unspecified atom stereocenters. The van der Waals surface area contributed by atoms with Gasteiger partial charge in [-0.2, -0.15) is 5.26 Å². The fourth-order valence-electron chi connectivity index (χ4n) is 3.70. The number of nitriles is 1. The highest BCUT2D eigenvalue weighted by molar-refractivity contribution is 5.95. The molecule has 1 saturated heterocycles. The van der Waals surface area contributed by atoms with E-state index in [2.05, 4.69) is 26.8 Å². The molecule has 1 aromatic heterocycles. The van der Waals surface area contributed by atoms with Crippen LogP contribution in [0.3, 0.4) is 0 Å². The SMILES string of the molecule is CN(CC(=O)N1CC(C(=O)Nc2ccccc2)CC1C#N)C(=O)c1nnn(-c2ccccc2)n1. The summed E-state index contributed by atoms with van der Waals surface area (Å²) in [6.07, 6.45) is 0.228. The molecule has 0 saturated carbocycles. The van der Waals surface area contributed by atoms with Gasteiger partial charge in [-0.05, 0) is 35.9 Å². The number of carbonyl (C=O) groups is 3. The van der Waals surface area contributed by atoms with Crippen LogP contribution < -0.4 is 5.32 Å². The van der Waals surface area contributed by atoms with E-state index >= 15 is 0 Å². The summed E-state index contributed by atoms with van der Waals surface area (Å²) >= 11 is 0. The number of nitrogens with one attached hydrogen (secondary N) is 1. The Morgan fingerprint density at radius 2 is 1.79 bits per heavy atom. The molecule has 11 nitrogen and oxygen atoms in total. The van der Waals surface area contributed by atoms with Gasteiger partial charge in [-0.3, -0.25) is 14.4 Å². The van der Waals surface area contributed by atoms with Crippen LogP contribution in [0.2, 0.25) is 0 Å². The van der Waals surface area contributed by atoms with Gasteiger partial charge in [-0.25, -0.2) is 0 Å². The molecule has 0 bridgehead atoms. The van der Waals surface area contributed by atoms with Crippen molar-refractivity contribution < 1.29 is 14.4 Å². The topological polar surface area (TPSA) is 137 Å². The number of anilines is 1. The summed E-state index contributed by atoms with van der Waals surface area (Å²) in [5.74, 6) is -1.96. The number of tetrazole rings is 1. The minimum atomic E-state index is -0.750. The summed E-state index contributed by atoms with van der Waals surface area (Å²) in [7, 11) is 1.44. The van der Waals surface area contributed by atoms with Gasteiger partial charge in [0.1, 0.15) is 6.04 Å². The predicted octanol–water partition coefficient (Wildman–Crippen LogP) is 1.11. The van der Waals surface area contributed by atoms with Gasteiger partial charge < -0.3 is 15.1 Å². The fraction of sp³-hybridized carbons (Fsp3) is 0.261. The second kappa shape index (κ2) is 9.91. The Morgan fingerprint density at radius 1 is 1.12 bits per heavy atom. The summed E-state index contributed by atoms with van der Waals surface area (Å²) in [5.41, 5.74) is 1.29. The zero-order valence-electron chi connectivity index (χ0n) is 18.4. The average molecular weight is 458 g/mol. The molecule has 34 heavy (non-hydrogen) atoms. The number of hydrogen-bond donors (Lipinski definition) is 1. The van der Waals surface area contributed by atoms with Crippen LogP contribution in [0.25, 0.3) is 5.69 Å². The van der Waals surface area contributed by atoms with Crippen molar-refractivity contribution >= 4 is 23.4 Å². The zero-order valence-corrected chi connectivity index (χ0v) is 18.4. The first kappa shape index (κ1) is 22.6. The highest BCUT2D eigenvalue weighted by Gasteiger charge is 2.39. The van der Waals surface area contributed by atoms with E-state index < -0.39 is 23.8 Å². The first-order valence-electron chi connectivity index (χ1n) is 10.6. The van der Waals surface area contributed by atoms with E-state index in [-0.39, 0.29) is 31.2 Å². The Morgan fingerprint density at radius 3 is 2.47 bits per heavy atom. The molecule has 2 atom stereocenters. The summed E-state index contributed by atoms with van der Waals surface area (Å²) in [4.78, 5) is 42.0. The third kappa shape index (κ3) is 4.91. The number of para-hydroxylation sites is 2. The Labute approximate surface area is 195 Å². The Kier molecular flexibility index (Phi) is 6.59. The van der Waals surface area contributed by atoms with E-state index in [9.17, 15) is 19.6 Å². The van der Waals surface area contributed by atoms with E-state index in [1.807, 2.05) is 12.1 Å². The van der Waals surface area contributed by atoms with Crippen molar-refractivity contribution in [1.29, 1.82) is 5.26 Å². The van der Waals surface area contributed by atoms with Crippen LogP contribution in [-0.2, 0) is 9.59 Å². The monoisotopic (exact) mass is 458 g/mol. The van der Waals surface area contributed by atoms with Gasteiger partial charge in [0.2, 0.25) is 11.8 Å². The van der Waals surface area contributed by atoms with Gasteiger partial charge >= 0.3 is 0 Å². The van der Waals surface area contributed by atoms with Gasteiger partial charge in [0.15, 0.2) is 0 Å². The maximum absolute atomic E-state index is 12.9. The second-order valence-corrected chi connectivity index (χ2v) is 7.88. The number of benzene rings is 2. The first-order valence-corrected chi connectivity index (χ1v) is 10.6. The molecular weight excluding hydrogens is 436 g/mol. The van der Waals surface area contributed by atoms with Gasteiger partial charge in [-0.15, -0.1) is 15.0 Å². The first-order chi connectivity index (χ1) is 16.5. The molecule has 2 heterocycles. The largest absolute Gasteiger partial charge is 0.330 e. The van der Waals surface area contributed by atoms with Crippen molar-refractivity contribution in [1.82, 2.24) is 30.0 Å². The lowest BCUT2D eigenvalue weighted by Crippen LogP contribution is -2.43. The molecule has 0 aliphatic carbocycles. The van der Waals surface area contributed by atoms with Crippen LogP contribution in [0.5, 0.6) is 0 Å². The van der Waals surface area contributed by atoms with Gasteiger partial charge in [0.25, 0.3) is 11.7 Å². The van der Waals surface area contributed by atoms with Crippen LogP contribution in [0, 0.1) is 17.2 Å².